The second-order valence-corrected chi connectivity index (χ2v) is 6.52. The van der Waals surface area contributed by atoms with E-state index in [0.717, 1.165) is 0 Å². The first kappa shape index (κ1) is 20.9. The second-order valence-electron chi connectivity index (χ2n) is 6.52. The van der Waals surface area contributed by atoms with Gasteiger partial charge in [-0.2, -0.15) is 0 Å². The van der Waals surface area contributed by atoms with Crippen LogP contribution in [0.1, 0.15) is 6.92 Å². The van der Waals surface area contributed by atoms with E-state index >= 15 is 0 Å². The fourth-order valence-electron chi connectivity index (χ4n) is 3.35. The summed E-state index contributed by atoms with van der Waals surface area (Å²) < 4.78 is 22.2. The number of aliphatic hydroxyl groups is 4. The lowest BCUT2D eigenvalue weighted by molar-refractivity contribution is -0.323. The molecule has 10 heteroatoms. The standard InChI is InChI=1S/C15H30N2O8/c1-6-7(4-18)23-14(9(16)11(6)20)25-13-8(5-19)24-15(22-3)10(17-2)12(13)21/h6-15,17-21H,4-5,16H2,1-3H3/t6-,7?,8?,9?,10?,11-,12-,13+,14-,15-/m0/s1. The molecular weight excluding hydrogens is 336 g/mol. The average molecular weight is 366 g/mol. The van der Waals surface area contributed by atoms with Crippen molar-refractivity contribution in [3.63, 3.8) is 0 Å². The van der Waals surface area contributed by atoms with E-state index in [1.54, 1.807) is 14.0 Å². The third-order valence-electron chi connectivity index (χ3n) is 5.03. The van der Waals surface area contributed by atoms with Gasteiger partial charge in [-0.05, 0) is 7.05 Å². The van der Waals surface area contributed by atoms with Crippen LogP contribution in [0.25, 0.3) is 0 Å². The van der Waals surface area contributed by atoms with Crippen molar-refractivity contribution in [1.29, 1.82) is 0 Å². The summed E-state index contributed by atoms with van der Waals surface area (Å²) in [7, 11) is 3.07. The van der Waals surface area contributed by atoms with Crippen molar-refractivity contribution in [2.45, 2.75) is 62.1 Å². The van der Waals surface area contributed by atoms with Gasteiger partial charge in [-0.25, -0.2) is 0 Å². The summed E-state index contributed by atoms with van der Waals surface area (Å²) in [4.78, 5) is 0. The second kappa shape index (κ2) is 9.00. The number of nitrogens with two attached hydrogens (primary N) is 1. The van der Waals surface area contributed by atoms with Crippen molar-refractivity contribution < 1.29 is 39.4 Å². The van der Waals surface area contributed by atoms with Crippen molar-refractivity contribution in [1.82, 2.24) is 5.32 Å². The summed E-state index contributed by atoms with van der Waals surface area (Å²) >= 11 is 0. The Bertz CT molecular complexity index is 415. The van der Waals surface area contributed by atoms with Crippen LogP contribution in [-0.2, 0) is 18.9 Å². The Morgan fingerprint density at radius 3 is 2.16 bits per heavy atom. The third kappa shape index (κ3) is 4.14. The maximum absolute atomic E-state index is 10.6. The van der Waals surface area contributed by atoms with E-state index in [1.165, 1.54) is 7.11 Å². The number of ether oxygens (including phenoxy) is 4. The predicted molar refractivity (Wildman–Crippen MR) is 85.4 cm³/mol. The molecule has 25 heavy (non-hydrogen) atoms. The van der Waals surface area contributed by atoms with Crippen LogP contribution < -0.4 is 11.1 Å². The molecule has 0 saturated carbocycles. The highest BCUT2D eigenvalue weighted by molar-refractivity contribution is 4.96. The predicted octanol–water partition coefficient (Wildman–Crippen LogP) is -3.27. The largest absolute Gasteiger partial charge is 0.394 e. The van der Waals surface area contributed by atoms with Crippen LogP contribution >= 0.6 is 0 Å². The topological polar surface area (TPSA) is 156 Å². The van der Waals surface area contributed by atoms with Crippen molar-refractivity contribution in [2.75, 3.05) is 27.4 Å². The molecular formula is C15H30N2O8. The van der Waals surface area contributed by atoms with E-state index in [1.807, 2.05) is 0 Å². The highest BCUT2D eigenvalue weighted by atomic mass is 16.7. The summed E-state index contributed by atoms with van der Waals surface area (Å²) in [5.41, 5.74) is 5.99. The van der Waals surface area contributed by atoms with E-state index in [9.17, 15) is 20.4 Å². The van der Waals surface area contributed by atoms with E-state index in [4.69, 9.17) is 24.7 Å². The molecule has 2 saturated heterocycles. The Labute approximate surface area is 146 Å². The zero-order valence-corrected chi connectivity index (χ0v) is 14.7. The lowest BCUT2D eigenvalue weighted by atomic mass is 9.89. The monoisotopic (exact) mass is 366 g/mol. The van der Waals surface area contributed by atoms with Gasteiger partial charge in [0.05, 0.1) is 37.5 Å². The van der Waals surface area contributed by atoms with Crippen molar-refractivity contribution in [3.05, 3.63) is 0 Å². The molecule has 0 aliphatic carbocycles. The van der Waals surface area contributed by atoms with Crippen LogP contribution in [0.4, 0.5) is 0 Å². The molecule has 4 unspecified atom stereocenters. The Balaban J connectivity index is 2.15. The molecule has 0 aromatic carbocycles. The molecule has 2 aliphatic heterocycles. The number of rotatable bonds is 6. The molecule has 0 spiro atoms. The lowest BCUT2D eigenvalue weighted by Crippen LogP contribution is -2.67. The highest BCUT2D eigenvalue weighted by Gasteiger charge is 2.49. The van der Waals surface area contributed by atoms with E-state index in [0.29, 0.717) is 0 Å². The minimum atomic E-state index is -1.08. The van der Waals surface area contributed by atoms with Crippen molar-refractivity contribution in [3.8, 4) is 0 Å². The number of aliphatic hydroxyl groups excluding tert-OH is 4. The summed E-state index contributed by atoms with van der Waals surface area (Å²) in [6.07, 6.45) is -6.36. The first-order chi connectivity index (χ1) is 11.9. The Kier molecular flexibility index (Phi) is 7.52. The van der Waals surface area contributed by atoms with Crippen LogP contribution in [0, 0.1) is 5.92 Å². The fourth-order valence-corrected chi connectivity index (χ4v) is 3.35. The summed E-state index contributed by atoms with van der Waals surface area (Å²) in [6, 6.07) is -1.48. The summed E-state index contributed by atoms with van der Waals surface area (Å²) in [5, 5.41) is 42.8. The van der Waals surface area contributed by atoms with E-state index < -0.39 is 61.8 Å². The number of hydrogen-bond donors (Lipinski definition) is 6. The number of nitrogens with one attached hydrogen (secondary N) is 1. The normalized spacial score (nSPS) is 48.5. The van der Waals surface area contributed by atoms with Gasteiger partial charge in [0.25, 0.3) is 0 Å². The molecule has 7 N–H and O–H groups in total. The highest BCUT2D eigenvalue weighted by Crippen LogP contribution is 2.30. The Morgan fingerprint density at radius 1 is 1.04 bits per heavy atom. The van der Waals surface area contributed by atoms with Gasteiger partial charge in [-0.15, -0.1) is 0 Å². The lowest BCUT2D eigenvalue weighted by Gasteiger charge is -2.47. The molecule has 0 aromatic rings. The fraction of sp³-hybridized carbons (Fsp3) is 1.00. The molecule has 0 radical (unpaired) electrons. The number of methoxy groups -OCH3 is 1. The molecule has 148 valence electrons. The maximum Gasteiger partial charge on any atom is 0.176 e. The smallest absolute Gasteiger partial charge is 0.176 e. The molecule has 0 bridgehead atoms. The molecule has 0 amide bonds. The van der Waals surface area contributed by atoms with Gasteiger partial charge >= 0.3 is 0 Å². The van der Waals surface area contributed by atoms with Gasteiger partial charge in [0.15, 0.2) is 12.6 Å². The molecule has 2 fully saturated rings. The number of hydrogen-bond acceptors (Lipinski definition) is 10. The van der Waals surface area contributed by atoms with Crippen LogP contribution in [0.3, 0.4) is 0 Å². The van der Waals surface area contributed by atoms with Gasteiger partial charge < -0.3 is 50.4 Å². The number of likely N-dealkylation sites (N-methyl/N-ethyl adjacent to an activating group) is 1. The maximum atomic E-state index is 10.6. The van der Waals surface area contributed by atoms with Gasteiger partial charge in [0.1, 0.15) is 18.3 Å². The minimum absolute atomic E-state index is 0.303. The first-order valence-corrected chi connectivity index (χ1v) is 8.39. The minimum Gasteiger partial charge on any atom is -0.394 e. The first-order valence-electron chi connectivity index (χ1n) is 8.39. The van der Waals surface area contributed by atoms with Gasteiger partial charge in [0.2, 0.25) is 0 Å². The molecule has 10 nitrogen and oxygen atoms in total. The molecule has 10 atom stereocenters. The van der Waals surface area contributed by atoms with Gasteiger partial charge in [-0.1, -0.05) is 6.92 Å². The summed E-state index contributed by atoms with van der Waals surface area (Å²) in [5.74, 6) is -0.371. The zero-order valence-electron chi connectivity index (χ0n) is 14.7. The van der Waals surface area contributed by atoms with Gasteiger partial charge in [-0.3, -0.25) is 0 Å². The Morgan fingerprint density at radius 2 is 1.64 bits per heavy atom. The Hall–Kier alpha value is -0.400. The quantitative estimate of drug-likeness (QED) is 0.282. The van der Waals surface area contributed by atoms with E-state index in [2.05, 4.69) is 5.32 Å². The van der Waals surface area contributed by atoms with Crippen LogP contribution in [0.15, 0.2) is 0 Å². The van der Waals surface area contributed by atoms with Crippen LogP contribution in [0.5, 0.6) is 0 Å². The zero-order chi connectivity index (χ0) is 18.7. The summed E-state index contributed by atoms with van der Waals surface area (Å²) in [6.45, 7) is 1.00. The third-order valence-corrected chi connectivity index (χ3v) is 5.03. The van der Waals surface area contributed by atoms with Crippen LogP contribution in [0.2, 0.25) is 0 Å². The molecule has 2 heterocycles. The van der Waals surface area contributed by atoms with E-state index in [-0.39, 0.29) is 12.5 Å². The van der Waals surface area contributed by atoms with Crippen LogP contribution in [-0.4, -0.2) is 103 Å². The molecule has 2 aliphatic rings. The molecule has 0 aromatic heterocycles. The molecule has 2 rings (SSSR count). The van der Waals surface area contributed by atoms with Crippen molar-refractivity contribution >= 4 is 0 Å². The van der Waals surface area contributed by atoms with Gasteiger partial charge in [0, 0.05) is 13.0 Å². The SMILES string of the molecule is CNC1[C@@H](OC)OC(CO)[C@@H](O[C@@H]2OC(CO)[C@H](C)[C@H](O)C2N)[C@H]1O. The van der Waals surface area contributed by atoms with Crippen molar-refractivity contribution in [2.24, 2.45) is 11.7 Å². The average Bonchev–Trinajstić information content (AvgIpc) is 2.62.